The summed E-state index contributed by atoms with van der Waals surface area (Å²) in [5.41, 5.74) is 1.67. The van der Waals surface area contributed by atoms with E-state index in [2.05, 4.69) is 4.90 Å². The fraction of sp³-hybridized carbons (Fsp3) is 0.500. The van der Waals surface area contributed by atoms with Gasteiger partial charge in [0.15, 0.2) is 6.29 Å². The minimum Gasteiger partial charge on any atom is -0.491 e. The Morgan fingerprint density at radius 2 is 2.12 bits per heavy atom. The maximum absolute atomic E-state index is 10.9. The Bertz CT molecular complexity index is 384. The van der Waals surface area contributed by atoms with Gasteiger partial charge in [-0.1, -0.05) is 12.1 Å². The minimum atomic E-state index is 0.645. The number of nitrogens with zero attached hydrogens (tertiary/aromatic N) is 1. The largest absolute Gasteiger partial charge is 0.491 e. The van der Waals surface area contributed by atoms with Gasteiger partial charge in [0.25, 0.3) is 0 Å². The van der Waals surface area contributed by atoms with Crippen molar-refractivity contribution in [3.05, 3.63) is 29.3 Å². The predicted molar refractivity (Wildman–Crippen MR) is 67.7 cm³/mol. The minimum absolute atomic E-state index is 0.645. The molecule has 1 heterocycles. The van der Waals surface area contributed by atoms with E-state index in [9.17, 15) is 4.79 Å². The first-order chi connectivity index (χ1) is 8.31. The molecule has 0 unspecified atom stereocenters. The van der Waals surface area contributed by atoms with Crippen molar-refractivity contribution in [2.45, 2.75) is 19.8 Å². The van der Waals surface area contributed by atoms with Crippen molar-refractivity contribution in [2.75, 3.05) is 26.2 Å². The molecule has 2 rings (SSSR count). The van der Waals surface area contributed by atoms with E-state index < -0.39 is 0 Å². The Hall–Kier alpha value is -1.35. The van der Waals surface area contributed by atoms with E-state index in [0.717, 1.165) is 24.1 Å². The zero-order valence-electron chi connectivity index (χ0n) is 10.3. The fourth-order valence-corrected chi connectivity index (χ4v) is 2.25. The van der Waals surface area contributed by atoms with Crippen molar-refractivity contribution >= 4 is 6.29 Å². The van der Waals surface area contributed by atoms with Gasteiger partial charge in [0.2, 0.25) is 0 Å². The van der Waals surface area contributed by atoms with Crippen molar-refractivity contribution in [3.8, 4) is 5.75 Å². The molecule has 0 aromatic heterocycles. The molecule has 92 valence electrons. The van der Waals surface area contributed by atoms with Crippen LogP contribution in [0.15, 0.2) is 18.2 Å². The number of carbonyl (C=O) groups is 1. The number of para-hydroxylation sites is 1. The van der Waals surface area contributed by atoms with Crippen LogP contribution < -0.4 is 4.74 Å². The van der Waals surface area contributed by atoms with Crippen LogP contribution in [0.2, 0.25) is 0 Å². The average molecular weight is 233 g/mol. The lowest BCUT2D eigenvalue weighted by molar-refractivity contribution is 0.111. The summed E-state index contributed by atoms with van der Waals surface area (Å²) in [6.07, 6.45) is 3.45. The van der Waals surface area contributed by atoms with Crippen LogP contribution in [0.1, 0.15) is 28.8 Å². The second kappa shape index (κ2) is 5.82. The normalized spacial score (nSPS) is 16.1. The lowest BCUT2D eigenvalue weighted by Crippen LogP contribution is -2.25. The molecule has 1 aromatic carbocycles. The van der Waals surface area contributed by atoms with Crippen LogP contribution in [0.25, 0.3) is 0 Å². The molecule has 0 spiro atoms. The highest BCUT2D eigenvalue weighted by Gasteiger charge is 2.12. The van der Waals surface area contributed by atoms with E-state index >= 15 is 0 Å². The second-order valence-corrected chi connectivity index (χ2v) is 4.51. The number of ether oxygens (including phenoxy) is 1. The molecule has 1 saturated heterocycles. The third kappa shape index (κ3) is 3.07. The number of aldehydes is 1. The van der Waals surface area contributed by atoms with Gasteiger partial charge in [-0.3, -0.25) is 9.69 Å². The Balaban J connectivity index is 1.91. The van der Waals surface area contributed by atoms with Gasteiger partial charge >= 0.3 is 0 Å². The fourth-order valence-electron chi connectivity index (χ4n) is 2.25. The molecule has 0 amide bonds. The summed E-state index contributed by atoms with van der Waals surface area (Å²) in [5.74, 6) is 0.738. The first kappa shape index (κ1) is 12.1. The summed E-state index contributed by atoms with van der Waals surface area (Å²) >= 11 is 0. The van der Waals surface area contributed by atoms with E-state index in [-0.39, 0.29) is 0 Å². The molecule has 1 aliphatic heterocycles. The van der Waals surface area contributed by atoms with Crippen molar-refractivity contribution in [2.24, 2.45) is 0 Å². The van der Waals surface area contributed by atoms with Crippen molar-refractivity contribution in [1.29, 1.82) is 0 Å². The van der Waals surface area contributed by atoms with E-state index in [1.807, 2.05) is 19.1 Å². The van der Waals surface area contributed by atoms with Gasteiger partial charge < -0.3 is 4.74 Å². The van der Waals surface area contributed by atoms with E-state index in [1.54, 1.807) is 6.07 Å². The van der Waals surface area contributed by atoms with Crippen LogP contribution in [0.4, 0.5) is 0 Å². The van der Waals surface area contributed by atoms with Gasteiger partial charge in [-0.25, -0.2) is 0 Å². The maximum Gasteiger partial charge on any atom is 0.153 e. The summed E-state index contributed by atoms with van der Waals surface area (Å²) in [6.45, 7) is 5.94. The van der Waals surface area contributed by atoms with Gasteiger partial charge in [-0.05, 0) is 44.5 Å². The zero-order valence-corrected chi connectivity index (χ0v) is 10.3. The molecule has 0 aliphatic carbocycles. The Kier molecular flexibility index (Phi) is 4.15. The molecule has 0 atom stereocenters. The van der Waals surface area contributed by atoms with Crippen LogP contribution in [0.5, 0.6) is 5.75 Å². The molecule has 3 nitrogen and oxygen atoms in total. The van der Waals surface area contributed by atoms with Crippen molar-refractivity contribution in [3.63, 3.8) is 0 Å². The van der Waals surface area contributed by atoms with Crippen LogP contribution >= 0.6 is 0 Å². The molecule has 0 radical (unpaired) electrons. The molecule has 3 heteroatoms. The lowest BCUT2D eigenvalue weighted by Gasteiger charge is -2.16. The first-order valence-corrected chi connectivity index (χ1v) is 6.21. The molecule has 1 aromatic rings. The molecule has 0 saturated carbocycles. The lowest BCUT2D eigenvalue weighted by atomic mass is 10.1. The van der Waals surface area contributed by atoms with Gasteiger partial charge in [0, 0.05) is 6.54 Å². The van der Waals surface area contributed by atoms with Gasteiger partial charge in [0.1, 0.15) is 12.4 Å². The number of benzene rings is 1. The third-order valence-corrected chi connectivity index (χ3v) is 3.22. The van der Waals surface area contributed by atoms with Crippen LogP contribution in [-0.4, -0.2) is 37.4 Å². The Morgan fingerprint density at radius 3 is 2.82 bits per heavy atom. The van der Waals surface area contributed by atoms with Crippen LogP contribution in [-0.2, 0) is 0 Å². The molecular formula is C14H19NO2. The van der Waals surface area contributed by atoms with E-state index in [1.165, 1.54) is 25.9 Å². The number of hydrogen-bond acceptors (Lipinski definition) is 3. The molecule has 0 bridgehead atoms. The smallest absolute Gasteiger partial charge is 0.153 e. The number of carbonyl (C=O) groups excluding carboxylic acids is 1. The maximum atomic E-state index is 10.9. The number of hydrogen-bond donors (Lipinski definition) is 0. The highest BCUT2D eigenvalue weighted by molar-refractivity contribution is 5.80. The summed E-state index contributed by atoms with van der Waals surface area (Å²) in [5, 5.41) is 0. The standard InChI is InChI=1S/C14H19NO2/c1-12-5-4-6-13(11-16)14(12)17-10-9-15-7-2-3-8-15/h4-6,11H,2-3,7-10H2,1H3. The number of aryl methyl sites for hydroxylation is 1. The Morgan fingerprint density at radius 1 is 1.35 bits per heavy atom. The summed E-state index contributed by atoms with van der Waals surface area (Å²) < 4.78 is 5.75. The van der Waals surface area contributed by atoms with Crippen molar-refractivity contribution in [1.82, 2.24) is 4.90 Å². The van der Waals surface area contributed by atoms with E-state index in [0.29, 0.717) is 12.2 Å². The number of rotatable bonds is 5. The summed E-state index contributed by atoms with van der Waals surface area (Å²) in [7, 11) is 0. The molecule has 1 aliphatic rings. The first-order valence-electron chi connectivity index (χ1n) is 6.21. The predicted octanol–water partition coefficient (Wildman–Crippen LogP) is 2.28. The SMILES string of the molecule is Cc1cccc(C=O)c1OCCN1CCCC1. The molecule has 1 fully saturated rings. The van der Waals surface area contributed by atoms with Crippen molar-refractivity contribution < 1.29 is 9.53 Å². The Labute approximate surface area is 102 Å². The van der Waals surface area contributed by atoms with Gasteiger partial charge in [0.05, 0.1) is 5.56 Å². The third-order valence-electron chi connectivity index (χ3n) is 3.22. The zero-order chi connectivity index (χ0) is 12.1. The molecule has 17 heavy (non-hydrogen) atoms. The van der Waals surface area contributed by atoms with Crippen LogP contribution in [0, 0.1) is 6.92 Å². The summed E-state index contributed by atoms with van der Waals surface area (Å²) in [6, 6.07) is 5.65. The van der Waals surface area contributed by atoms with E-state index in [4.69, 9.17) is 4.74 Å². The highest BCUT2D eigenvalue weighted by Crippen LogP contribution is 2.21. The highest BCUT2D eigenvalue weighted by atomic mass is 16.5. The summed E-state index contributed by atoms with van der Waals surface area (Å²) in [4.78, 5) is 13.3. The topological polar surface area (TPSA) is 29.5 Å². The van der Waals surface area contributed by atoms with Gasteiger partial charge in [-0.2, -0.15) is 0 Å². The molecule has 0 N–H and O–H groups in total. The average Bonchev–Trinajstić information content (AvgIpc) is 2.84. The van der Waals surface area contributed by atoms with Crippen LogP contribution in [0.3, 0.4) is 0 Å². The quantitative estimate of drug-likeness (QED) is 0.731. The second-order valence-electron chi connectivity index (χ2n) is 4.51. The molecular weight excluding hydrogens is 214 g/mol. The van der Waals surface area contributed by atoms with Gasteiger partial charge in [-0.15, -0.1) is 0 Å². The monoisotopic (exact) mass is 233 g/mol. The number of likely N-dealkylation sites (tertiary alicyclic amines) is 1.